The summed E-state index contributed by atoms with van der Waals surface area (Å²) in [6.07, 6.45) is 1.87. The number of nitrogens with two attached hydrogens (primary N) is 1. The van der Waals surface area contributed by atoms with E-state index >= 15 is 0 Å². The predicted octanol–water partition coefficient (Wildman–Crippen LogP) is 0.733. The lowest BCUT2D eigenvalue weighted by molar-refractivity contribution is 0.0690. The van der Waals surface area contributed by atoms with Gasteiger partial charge in [-0.25, -0.2) is 19.7 Å². The number of hydrogen-bond acceptors (Lipinski definition) is 6. The molecule has 0 amide bonds. The Balaban J connectivity index is 1.97. The van der Waals surface area contributed by atoms with Crippen molar-refractivity contribution in [3.05, 3.63) is 28.3 Å². The lowest BCUT2D eigenvalue weighted by Crippen LogP contribution is -2.16. The monoisotopic (exact) mass is 293 g/mol. The van der Waals surface area contributed by atoms with Gasteiger partial charge in [0, 0.05) is 6.04 Å². The molecule has 20 heavy (non-hydrogen) atoms. The van der Waals surface area contributed by atoms with Crippen LogP contribution in [-0.2, 0) is 0 Å². The van der Waals surface area contributed by atoms with Crippen LogP contribution in [0.25, 0.3) is 0 Å². The Morgan fingerprint density at radius 1 is 1.50 bits per heavy atom. The van der Waals surface area contributed by atoms with Gasteiger partial charge in [0.1, 0.15) is 10.7 Å². The molecule has 1 aliphatic rings. The molecule has 9 heteroatoms. The van der Waals surface area contributed by atoms with Crippen molar-refractivity contribution in [1.29, 1.82) is 0 Å². The van der Waals surface area contributed by atoms with Crippen molar-refractivity contribution in [3.8, 4) is 0 Å². The summed E-state index contributed by atoms with van der Waals surface area (Å²) in [6, 6.07) is 2.97. The second-order valence-electron chi connectivity index (χ2n) is 4.41. The summed E-state index contributed by atoms with van der Waals surface area (Å²) in [5.74, 6) is -1.13. The molecule has 0 radical (unpaired) electrons. The third kappa shape index (κ3) is 2.27. The standard InChI is InChI=1S/C11H11N5O3S/c12-6-3-4-7(9(17)18)13-8(6)20-11-15-14-10(19)16(11)5-1-2-5/h3-5H,1-2,12H2,(H,14,19)(H,17,18). The average Bonchev–Trinajstić information content (AvgIpc) is 3.17. The zero-order valence-corrected chi connectivity index (χ0v) is 11.1. The van der Waals surface area contributed by atoms with Crippen LogP contribution in [0, 0.1) is 0 Å². The molecule has 4 N–H and O–H groups in total. The summed E-state index contributed by atoms with van der Waals surface area (Å²) in [7, 11) is 0. The molecule has 1 saturated carbocycles. The molecule has 104 valence electrons. The summed E-state index contributed by atoms with van der Waals surface area (Å²) in [5.41, 5.74) is 5.76. The lowest BCUT2D eigenvalue weighted by atomic mass is 10.3. The van der Waals surface area contributed by atoms with E-state index in [1.54, 1.807) is 4.57 Å². The highest BCUT2D eigenvalue weighted by atomic mass is 32.2. The fourth-order valence-corrected chi connectivity index (χ4v) is 2.68. The molecular weight excluding hydrogens is 282 g/mol. The van der Waals surface area contributed by atoms with Gasteiger partial charge in [-0.05, 0) is 36.7 Å². The van der Waals surface area contributed by atoms with Gasteiger partial charge in [0.2, 0.25) is 0 Å². The van der Waals surface area contributed by atoms with Crippen LogP contribution in [0.3, 0.4) is 0 Å². The number of nitrogens with zero attached hydrogens (tertiary/aromatic N) is 3. The highest BCUT2D eigenvalue weighted by Gasteiger charge is 2.29. The van der Waals surface area contributed by atoms with E-state index in [9.17, 15) is 9.59 Å². The molecule has 1 aliphatic carbocycles. The summed E-state index contributed by atoms with van der Waals surface area (Å²) in [4.78, 5) is 26.5. The first-order chi connectivity index (χ1) is 9.56. The van der Waals surface area contributed by atoms with Crippen molar-refractivity contribution < 1.29 is 9.90 Å². The van der Waals surface area contributed by atoms with Gasteiger partial charge < -0.3 is 10.8 Å². The largest absolute Gasteiger partial charge is 0.477 e. The number of pyridine rings is 1. The van der Waals surface area contributed by atoms with E-state index in [0.29, 0.717) is 15.9 Å². The maximum atomic E-state index is 11.7. The minimum Gasteiger partial charge on any atom is -0.477 e. The molecule has 0 unspecified atom stereocenters. The van der Waals surface area contributed by atoms with Crippen molar-refractivity contribution in [2.45, 2.75) is 29.1 Å². The Kier molecular flexibility index (Phi) is 2.97. The Morgan fingerprint density at radius 3 is 2.90 bits per heavy atom. The van der Waals surface area contributed by atoms with Gasteiger partial charge in [0.15, 0.2) is 5.16 Å². The smallest absolute Gasteiger partial charge is 0.354 e. The number of rotatable bonds is 4. The van der Waals surface area contributed by atoms with E-state index in [-0.39, 0.29) is 17.4 Å². The Morgan fingerprint density at radius 2 is 2.25 bits per heavy atom. The van der Waals surface area contributed by atoms with Crippen LogP contribution in [0.1, 0.15) is 29.4 Å². The maximum Gasteiger partial charge on any atom is 0.354 e. The fourth-order valence-electron chi connectivity index (χ4n) is 1.76. The minimum atomic E-state index is -1.13. The van der Waals surface area contributed by atoms with E-state index in [4.69, 9.17) is 10.8 Å². The maximum absolute atomic E-state index is 11.7. The number of H-pyrrole nitrogens is 1. The molecule has 0 saturated heterocycles. The normalized spacial score (nSPS) is 14.4. The van der Waals surface area contributed by atoms with E-state index in [1.807, 2.05) is 0 Å². The van der Waals surface area contributed by atoms with Gasteiger partial charge in [-0.3, -0.25) is 4.57 Å². The van der Waals surface area contributed by atoms with Crippen molar-refractivity contribution in [1.82, 2.24) is 19.7 Å². The van der Waals surface area contributed by atoms with Gasteiger partial charge in [0.25, 0.3) is 0 Å². The summed E-state index contributed by atoms with van der Waals surface area (Å²) >= 11 is 1.08. The molecule has 0 atom stereocenters. The van der Waals surface area contributed by atoms with Gasteiger partial charge >= 0.3 is 11.7 Å². The zero-order valence-electron chi connectivity index (χ0n) is 10.2. The van der Waals surface area contributed by atoms with Crippen LogP contribution in [0.4, 0.5) is 5.69 Å². The van der Waals surface area contributed by atoms with Crippen molar-refractivity contribution in [3.63, 3.8) is 0 Å². The topological polar surface area (TPSA) is 127 Å². The van der Waals surface area contributed by atoms with Crippen molar-refractivity contribution in [2.24, 2.45) is 0 Å². The third-order valence-corrected chi connectivity index (χ3v) is 3.87. The number of nitrogens with one attached hydrogen (secondary N) is 1. The Hall–Kier alpha value is -2.29. The predicted molar refractivity (Wildman–Crippen MR) is 70.9 cm³/mol. The van der Waals surface area contributed by atoms with Crippen LogP contribution in [0.5, 0.6) is 0 Å². The number of carboxylic acid groups (broad SMARTS) is 1. The number of aromatic carboxylic acids is 1. The molecule has 0 bridgehead atoms. The number of aromatic nitrogens is 4. The number of nitrogen functional groups attached to an aromatic ring is 1. The summed E-state index contributed by atoms with van der Waals surface area (Å²) < 4.78 is 1.55. The van der Waals surface area contributed by atoms with E-state index in [2.05, 4.69) is 15.2 Å². The fraction of sp³-hybridized carbons (Fsp3) is 0.273. The number of carbonyl (C=O) groups is 1. The van der Waals surface area contributed by atoms with Crippen LogP contribution < -0.4 is 11.4 Å². The summed E-state index contributed by atoms with van der Waals surface area (Å²) in [6.45, 7) is 0. The quantitative estimate of drug-likeness (QED) is 0.758. The number of hydrogen-bond donors (Lipinski definition) is 3. The number of carboxylic acids is 1. The Bertz CT molecular complexity index is 734. The third-order valence-electron chi connectivity index (χ3n) is 2.88. The molecular formula is C11H11N5O3S. The molecule has 8 nitrogen and oxygen atoms in total. The first-order valence-corrected chi connectivity index (χ1v) is 6.72. The van der Waals surface area contributed by atoms with Crippen LogP contribution >= 0.6 is 11.8 Å². The zero-order chi connectivity index (χ0) is 14.3. The number of anilines is 1. The van der Waals surface area contributed by atoms with Gasteiger partial charge in [-0.15, -0.1) is 5.10 Å². The number of aromatic amines is 1. The second kappa shape index (κ2) is 4.67. The molecule has 2 aromatic rings. The molecule has 0 aliphatic heterocycles. The van der Waals surface area contributed by atoms with Gasteiger partial charge in [-0.2, -0.15) is 0 Å². The second-order valence-corrected chi connectivity index (χ2v) is 5.37. The molecule has 0 spiro atoms. The van der Waals surface area contributed by atoms with Crippen LogP contribution in [-0.4, -0.2) is 30.8 Å². The van der Waals surface area contributed by atoms with Gasteiger partial charge in [0.05, 0.1) is 5.69 Å². The first-order valence-electron chi connectivity index (χ1n) is 5.91. The molecule has 2 heterocycles. The van der Waals surface area contributed by atoms with Gasteiger partial charge in [-0.1, -0.05) is 0 Å². The van der Waals surface area contributed by atoms with E-state index < -0.39 is 5.97 Å². The first kappa shape index (κ1) is 12.7. The highest BCUT2D eigenvalue weighted by Crippen LogP contribution is 2.38. The SMILES string of the molecule is Nc1ccc(C(=O)O)nc1Sc1n[nH]c(=O)n1C1CC1. The van der Waals surface area contributed by atoms with Crippen molar-refractivity contribution in [2.75, 3.05) is 5.73 Å². The molecule has 2 aromatic heterocycles. The van der Waals surface area contributed by atoms with Crippen LogP contribution in [0.2, 0.25) is 0 Å². The van der Waals surface area contributed by atoms with E-state index in [1.165, 1.54) is 12.1 Å². The van der Waals surface area contributed by atoms with E-state index in [0.717, 1.165) is 24.6 Å². The molecule has 1 fully saturated rings. The Labute approximate surface area is 117 Å². The minimum absolute atomic E-state index is 0.0995. The summed E-state index contributed by atoms with van der Waals surface area (Å²) in [5, 5.41) is 16.0. The van der Waals surface area contributed by atoms with Crippen LogP contribution in [0.15, 0.2) is 27.1 Å². The average molecular weight is 293 g/mol. The van der Waals surface area contributed by atoms with Crippen molar-refractivity contribution >= 4 is 23.4 Å². The molecule has 0 aromatic carbocycles. The lowest BCUT2D eigenvalue weighted by Gasteiger charge is -2.06. The molecule has 3 rings (SSSR count). The highest BCUT2D eigenvalue weighted by molar-refractivity contribution is 7.99.